The fourth-order valence-electron chi connectivity index (χ4n) is 1.36. The van der Waals surface area contributed by atoms with Gasteiger partial charge in [0.05, 0.1) is 5.92 Å². The van der Waals surface area contributed by atoms with E-state index in [4.69, 9.17) is 28.3 Å². The third-order valence-corrected chi connectivity index (χ3v) is 2.91. The molecule has 0 spiro atoms. The first kappa shape index (κ1) is 12.3. The highest BCUT2D eigenvalue weighted by molar-refractivity contribution is 6.35. The van der Waals surface area contributed by atoms with E-state index in [1.165, 1.54) is 0 Å². The van der Waals surface area contributed by atoms with Crippen LogP contribution in [-0.4, -0.2) is 11.1 Å². The predicted octanol–water partition coefficient (Wildman–Crippen LogP) is 3.65. The van der Waals surface area contributed by atoms with Gasteiger partial charge >= 0.3 is 5.97 Å². The van der Waals surface area contributed by atoms with E-state index in [2.05, 4.69) is 0 Å². The molecule has 0 heterocycles. The number of aliphatic carboxylic acids is 1. The van der Waals surface area contributed by atoms with Crippen LogP contribution in [-0.2, 0) is 11.2 Å². The molecule has 0 aromatic heterocycles. The summed E-state index contributed by atoms with van der Waals surface area (Å²) in [5.74, 6) is -1.17. The van der Waals surface area contributed by atoms with Crippen molar-refractivity contribution in [3.8, 4) is 0 Å². The van der Waals surface area contributed by atoms with Gasteiger partial charge in [-0.2, -0.15) is 0 Å². The molecule has 0 fully saturated rings. The zero-order valence-electron chi connectivity index (χ0n) is 8.34. The van der Waals surface area contributed by atoms with Crippen LogP contribution in [0.3, 0.4) is 0 Å². The van der Waals surface area contributed by atoms with Gasteiger partial charge in [-0.25, -0.2) is 0 Å². The zero-order valence-corrected chi connectivity index (χ0v) is 9.85. The Hall–Kier alpha value is -0.730. The Labute approximate surface area is 98.8 Å². The van der Waals surface area contributed by atoms with E-state index in [1.807, 2.05) is 6.92 Å². The first-order valence-electron chi connectivity index (χ1n) is 4.71. The van der Waals surface area contributed by atoms with E-state index in [-0.39, 0.29) is 5.92 Å². The summed E-state index contributed by atoms with van der Waals surface area (Å²) < 4.78 is 0. The van der Waals surface area contributed by atoms with Crippen LogP contribution in [0.25, 0.3) is 0 Å². The third-order valence-electron chi connectivity index (χ3n) is 2.32. The Bertz CT molecular complexity index is 364. The molecule has 0 bridgehead atoms. The summed E-state index contributed by atoms with van der Waals surface area (Å²) in [7, 11) is 0. The lowest BCUT2D eigenvalue weighted by Gasteiger charge is -2.10. The first-order chi connectivity index (χ1) is 7.04. The number of carbonyl (C=O) groups is 1. The fourth-order valence-corrected chi connectivity index (χ4v) is 1.84. The van der Waals surface area contributed by atoms with Gasteiger partial charge in [-0.15, -0.1) is 0 Å². The molecule has 1 atom stereocenters. The molecule has 1 N–H and O–H groups in total. The van der Waals surface area contributed by atoms with Crippen molar-refractivity contribution in [2.24, 2.45) is 5.92 Å². The zero-order chi connectivity index (χ0) is 11.4. The van der Waals surface area contributed by atoms with Crippen LogP contribution in [0.2, 0.25) is 10.0 Å². The maximum atomic E-state index is 10.8. The van der Waals surface area contributed by atoms with Gasteiger partial charge in [0, 0.05) is 10.0 Å². The summed E-state index contributed by atoms with van der Waals surface area (Å²) in [6, 6.07) is 5.13. The second-order valence-electron chi connectivity index (χ2n) is 3.38. The van der Waals surface area contributed by atoms with Crippen molar-refractivity contribution >= 4 is 29.2 Å². The van der Waals surface area contributed by atoms with Gasteiger partial charge < -0.3 is 5.11 Å². The summed E-state index contributed by atoms with van der Waals surface area (Å²) in [6.07, 6.45) is 1.04. The van der Waals surface area contributed by atoms with Crippen LogP contribution < -0.4 is 0 Å². The highest BCUT2D eigenvalue weighted by Gasteiger charge is 2.16. The van der Waals surface area contributed by atoms with Crippen LogP contribution in [0.15, 0.2) is 18.2 Å². The molecular formula is C11H12Cl2O2. The molecule has 82 valence electrons. The molecule has 4 heteroatoms. The summed E-state index contributed by atoms with van der Waals surface area (Å²) in [4.78, 5) is 10.8. The standard InChI is InChI=1S/C11H12Cl2O2/c1-2-7(11(14)15)5-8-3-4-9(12)6-10(8)13/h3-4,6-7H,2,5H2,1H3,(H,14,15)/t7-/m0/s1. The lowest BCUT2D eigenvalue weighted by molar-refractivity contribution is -0.141. The molecule has 0 saturated carbocycles. The average molecular weight is 247 g/mol. The van der Waals surface area contributed by atoms with Crippen molar-refractivity contribution in [3.05, 3.63) is 33.8 Å². The second kappa shape index (κ2) is 5.38. The molecule has 0 aliphatic carbocycles. The molecule has 0 radical (unpaired) electrons. The SMILES string of the molecule is CC[C@@H](Cc1ccc(Cl)cc1Cl)C(=O)O. The minimum atomic E-state index is -0.788. The molecule has 0 unspecified atom stereocenters. The minimum absolute atomic E-state index is 0.385. The van der Waals surface area contributed by atoms with Crippen molar-refractivity contribution in [1.82, 2.24) is 0 Å². The number of benzene rings is 1. The van der Waals surface area contributed by atoms with Crippen LogP contribution in [0.1, 0.15) is 18.9 Å². The van der Waals surface area contributed by atoms with Crippen LogP contribution in [0, 0.1) is 5.92 Å². The monoisotopic (exact) mass is 246 g/mol. The molecule has 0 saturated heterocycles. The van der Waals surface area contributed by atoms with Gasteiger partial charge in [0.2, 0.25) is 0 Å². The molecule has 0 aliphatic heterocycles. The van der Waals surface area contributed by atoms with E-state index >= 15 is 0 Å². The van der Waals surface area contributed by atoms with Crippen LogP contribution in [0.4, 0.5) is 0 Å². The molecule has 2 nitrogen and oxygen atoms in total. The Balaban J connectivity index is 2.84. The quantitative estimate of drug-likeness (QED) is 0.881. The third kappa shape index (κ3) is 3.40. The lowest BCUT2D eigenvalue weighted by Crippen LogP contribution is -2.15. The second-order valence-corrected chi connectivity index (χ2v) is 4.23. The van der Waals surface area contributed by atoms with Gasteiger partial charge in [0.25, 0.3) is 0 Å². The largest absolute Gasteiger partial charge is 0.481 e. The number of halogens is 2. The van der Waals surface area contributed by atoms with Gasteiger partial charge in [0.15, 0.2) is 0 Å². The summed E-state index contributed by atoms with van der Waals surface area (Å²) in [5, 5.41) is 10.0. The molecule has 0 amide bonds. The van der Waals surface area contributed by atoms with Crippen LogP contribution >= 0.6 is 23.2 Å². The van der Waals surface area contributed by atoms with Crippen molar-refractivity contribution in [1.29, 1.82) is 0 Å². The van der Waals surface area contributed by atoms with Crippen molar-refractivity contribution in [3.63, 3.8) is 0 Å². The van der Waals surface area contributed by atoms with E-state index in [0.717, 1.165) is 5.56 Å². The smallest absolute Gasteiger partial charge is 0.306 e. The molecule has 1 aromatic carbocycles. The number of hydrogen-bond acceptors (Lipinski definition) is 1. The summed E-state index contributed by atoms with van der Waals surface area (Å²) in [6.45, 7) is 1.85. The lowest BCUT2D eigenvalue weighted by atomic mass is 9.97. The fraction of sp³-hybridized carbons (Fsp3) is 0.364. The van der Waals surface area contributed by atoms with E-state index in [0.29, 0.717) is 22.9 Å². The highest BCUT2D eigenvalue weighted by Crippen LogP contribution is 2.24. The molecule has 1 aromatic rings. The number of hydrogen-bond donors (Lipinski definition) is 1. The Morgan fingerprint density at radius 2 is 2.13 bits per heavy atom. The van der Waals surface area contributed by atoms with E-state index in [9.17, 15) is 4.79 Å². The van der Waals surface area contributed by atoms with Gasteiger partial charge in [-0.1, -0.05) is 36.2 Å². The van der Waals surface area contributed by atoms with Crippen molar-refractivity contribution in [2.75, 3.05) is 0 Å². The minimum Gasteiger partial charge on any atom is -0.481 e. The first-order valence-corrected chi connectivity index (χ1v) is 5.47. The molecule has 1 rings (SSSR count). The number of rotatable bonds is 4. The van der Waals surface area contributed by atoms with Crippen LogP contribution in [0.5, 0.6) is 0 Å². The maximum absolute atomic E-state index is 10.8. The van der Waals surface area contributed by atoms with Crippen molar-refractivity contribution in [2.45, 2.75) is 19.8 Å². The van der Waals surface area contributed by atoms with Crippen molar-refractivity contribution < 1.29 is 9.90 Å². The Morgan fingerprint density at radius 1 is 1.47 bits per heavy atom. The normalized spacial score (nSPS) is 12.5. The summed E-state index contributed by atoms with van der Waals surface area (Å²) in [5.41, 5.74) is 0.829. The van der Waals surface area contributed by atoms with Gasteiger partial charge in [0.1, 0.15) is 0 Å². The average Bonchev–Trinajstić information content (AvgIpc) is 2.16. The van der Waals surface area contributed by atoms with E-state index < -0.39 is 5.97 Å². The predicted molar refractivity (Wildman–Crippen MR) is 61.6 cm³/mol. The Kier molecular flexibility index (Phi) is 4.43. The molecule has 15 heavy (non-hydrogen) atoms. The Morgan fingerprint density at radius 3 is 2.60 bits per heavy atom. The maximum Gasteiger partial charge on any atom is 0.306 e. The molecular weight excluding hydrogens is 235 g/mol. The highest BCUT2D eigenvalue weighted by atomic mass is 35.5. The summed E-state index contributed by atoms with van der Waals surface area (Å²) >= 11 is 11.7. The van der Waals surface area contributed by atoms with Gasteiger partial charge in [-0.05, 0) is 30.5 Å². The number of carboxylic acid groups (broad SMARTS) is 1. The van der Waals surface area contributed by atoms with E-state index in [1.54, 1.807) is 18.2 Å². The number of carboxylic acids is 1. The molecule has 0 aliphatic rings. The topological polar surface area (TPSA) is 37.3 Å². The van der Waals surface area contributed by atoms with Gasteiger partial charge in [-0.3, -0.25) is 4.79 Å².